The summed E-state index contributed by atoms with van der Waals surface area (Å²) >= 11 is 0.948. The summed E-state index contributed by atoms with van der Waals surface area (Å²) in [4.78, 5) is 3.96. The Morgan fingerprint density at radius 3 is 2.56 bits per heavy atom. The lowest BCUT2D eigenvalue weighted by Gasteiger charge is -2.02. The molecule has 0 N–H and O–H groups in total. The first kappa shape index (κ1) is 11.0. The van der Waals surface area contributed by atoms with Gasteiger partial charge in [0, 0.05) is 17.2 Å². The molecule has 5 heteroatoms. The van der Waals surface area contributed by atoms with Crippen LogP contribution in [0, 0.1) is 17.6 Å². The Bertz CT molecular complexity index is 516. The molecule has 0 aliphatic heterocycles. The molecule has 1 aromatic heterocycles. The van der Waals surface area contributed by atoms with Gasteiger partial charge in [-0.2, -0.15) is 4.39 Å². The van der Waals surface area contributed by atoms with Gasteiger partial charge in [0.1, 0.15) is 11.6 Å². The van der Waals surface area contributed by atoms with Crippen molar-refractivity contribution < 1.29 is 13.2 Å². The second kappa shape index (κ2) is 4.57. The lowest BCUT2D eigenvalue weighted by molar-refractivity contribution is 0.575. The van der Waals surface area contributed by atoms with Crippen LogP contribution in [0.25, 0.3) is 0 Å². The third-order valence-corrected chi connectivity index (χ3v) is 2.84. The second-order valence-electron chi connectivity index (χ2n) is 2.99. The first-order valence-corrected chi connectivity index (χ1v) is 5.21. The molecule has 0 fully saturated rings. The van der Waals surface area contributed by atoms with Gasteiger partial charge in [0.25, 0.3) is 0 Å². The fourth-order valence-corrected chi connectivity index (χ4v) is 2.01. The van der Waals surface area contributed by atoms with Gasteiger partial charge >= 0.3 is 0 Å². The minimum absolute atomic E-state index is 0.116. The maximum atomic E-state index is 13.3. The van der Waals surface area contributed by atoms with Crippen LogP contribution < -0.4 is 0 Å². The van der Waals surface area contributed by atoms with E-state index in [1.807, 2.05) is 0 Å². The Hall–Kier alpha value is -1.49. The van der Waals surface area contributed by atoms with Gasteiger partial charge < -0.3 is 0 Å². The highest BCUT2D eigenvalue weighted by atomic mass is 32.2. The highest BCUT2D eigenvalue weighted by Crippen LogP contribution is 2.30. The molecule has 0 aliphatic rings. The lowest BCUT2D eigenvalue weighted by atomic mass is 10.3. The number of nitrogens with zero attached hydrogens (tertiary/aromatic N) is 1. The smallest absolute Gasteiger partial charge is 0.213 e. The first-order valence-electron chi connectivity index (χ1n) is 4.39. The molecule has 0 spiro atoms. The van der Waals surface area contributed by atoms with E-state index in [0.717, 1.165) is 36.0 Å². The van der Waals surface area contributed by atoms with Crippen molar-refractivity contribution in [1.29, 1.82) is 0 Å². The summed E-state index contributed by atoms with van der Waals surface area (Å²) in [6, 6.07) is 5.83. The number of pyridine rings is 1. The predicted octanol–water partition coefficient (Wildman–Crippen LogP) is 3.65. The van der Waals surface area contributed by atoms with Crippen molar-refractivity contribution >= 4 is 11.8 Å². The van der Waals surface area contributed by atoms with E-state index in [9.17, 15) is 13.2 Å². The molecule has 82 valence electrons. The van der Waals surface area contributed by atoms with E-state index in [2.05, 4.69) is 4.98 Å². The molecule has 1 heterocycles. The Morgan fingerprint density at radius 2 is 1.81 bits per heavy atom. The lowest BCUT2D eigenvalue weighted by Crippen LogP contribution is -1.85. The molecule has 0 saturated heterocycles. The van der Waals surface area contributed by atoms with E-state index in [4.69, 9.17) is 0 Å². The quantitative estimate of drug-likeness (QED) is 0.744. The number of halogens is 3. The van der Waals surface area contributed by atoms with Gasteiger partial charge in [-0.25, -0.2) is 13.8 Å². The molecule has 0 radical (unpaired) electrons. The molecular formula is C11H6F3NS. The monoisotopic (exact) mass is 241 g/mol. The molecule has 0 atom stereocenters. The summed E-state index contributed by atoms with van der Waals surface area (Å²) in [5.74, 6) is -1.72. The van der Waals surface area contributed by atoms with Crippen LogP contribution in [0.1, 0.15) is 0 Å². The van der Waals surface area contributed by atoms with Crippen LogP contribution >= 0.6 is 11.8 Å². The van der Waals surface area contributed by atoms with Crippen LogP contribution in [-0.4, -0.2) is 4.98 Å². The fraction of sp³-hybridized carbons (Fsp3) is 0. The summed E-state index contributed by atoms with van der Waals surface area (Å²) in [7, 11) is 0. The van der Waals surface area contributed by atoms with Gasteiger partial charge in [0.2, 0.25) is 5.95 Å². The molecule has 2 rings (SSSR count). The number of aromatic nitrogens is 1. The van der Waals surface area contributed by atoms with Gasteiger partial charge in [-0.15, -0.1) is 0 Å². The zero-order valence-electron chi connectivity index (χ0n) is 7.95. The second-order valence-corrected chi connectivity index (χ2v) is 4.11. The van der Waals surface area contributed by atoms with E-state index in [1.54, 1.807) is 0 Å². The topological polar surface area (TPSA) is 12.9 Å². The summed E-state index contributed by atoms with van der Waals surface area (Å²) < 4.78 is 38.9. The van der Waals surface area contributed by atoms with Gasteiger partial charge in [0.05, 0.1) is 4.90 Å². The van der Waals surface area contributed by atoms with Gasteiger partial charge in [-0.1, -0.05) is 11.8 Å². The molecule has 2 aromatic rings. The number of rotatable bonds is 2. The van der Waals surface area contributed by atoms with Crippen molar-refractivity contribution in [3.63, 3.8) is 0 Å². The van der Waals surface area contributed by atoms with Gasteiger partial charge in [-0.3, -0.25) is 0 Å². The van der Waals surface area contributed by atoms with Crippen LogP contribution in [0.4, 0.5) is 13.2 Å². The number of hydrogen-bond acceptors (Lipinski definition) is 2. The molecule has 0 amide bonds. The third kappa shape index (κ3) is 2.55. The molecular weight excluding hydrogens is 235 g/mol. The van der Waals surface area contributed by atoms with Crippen molar-refractivity contribution in [3.05, 3.63) is 54.1 Å². The van der Waals surface area contributed by atoms with Crippen molar-refractivity contribution in [2.45, 2.75) is 9.79 Å². The minimum Gasteiger partial charge on any atom is -0.228 e. The molecule has 1 nitrogen and oxygen atoms in total. The summed E-state index contributed by atoms with van der Waals surface area (Å²) in [5.41, 5.74) is 0. The predicted molar refractivity (Wildman–Crippen MR) is 54.7 cm³/mol. The highest BCUT2D eigenvalue weighted by molar-refractivity contribution is 7.99. The first-order chi connectivity index (χ1) is 7.65. The number of hydrogen-bond donors (Lipinski definition) is 0. The SMILES string of the molecule is Fc1ccc(F)c(Sc2ccnc(F)c2)c1. The average Bonchev–Trinajstić information content (AvgIpc) is 2.24. The van der Waals surface area contributed by atoms with Gasteiger partial charge in [-0.05, 0) is 24.3 Å². The summed E-state index contributed by atoms with van der Waals surface area (Å²) in [6.07, 6.45) is 1.27. The normalized spacial score (nSPS) is 10.4. The zero-order chi connectivity index (χ0) is 11.5. The number of benzene rings is 1. The zero-order valence-corrected chi connectivity index (χ0v) is 8.77. The summed E-state index contributed by atoms with van der Waals surface area (Å²) in [6.45, 7) is 0. The van der Waals surface area contributed by atoms with E-state index in [0.29, 0.717) is 4.90 Å². The maximum Gasteiger partial charge on any atom is 0.213 e. The Morgan fingerprint density at radius 1 is 1.00 bits per heavy atom. The Labute approximate surface area is 94.3 Å². The largest absolute Gasteiger partial charge is 0.228 e. The van der Waals surface area contributed by atoms with Gasteiger partial charge in [0.15, 0.2) is 0 Å². The highest BCUT2D eigenvalue weighted by Gasteiger charge is 2.06. The molecule has 0 unspecified atom stereocenters. The Kier molecular flexibility index (Phi) is 3.14. The van der Waals surface area contributed by atoms with E-state index >= 15 is 0 Å². The summed E-state index contributed by atoms with van der Waals surface area (Å²) in [5, 5.41) is 0. The van der Waals surface area contributed by atoms with Crippen LogP contribution in [0.15, 0.2) is 46.3 Å². The maximum absolute atomic E-state index is 13.3. The van der Waals surface area contributed by atoms with Crippen molar-refractivity contribution in [3.8, 4) is 0 Å². The van der Waals surface area contributed by atoms with Crippen LogP contribution in [0.2, 0.25) is 0 Å². The van der Waals surface area contributed by atoms with Crippen molar-refractivity contribution in [2.75, 3.05) is 0 Å². The molecule has 16 heavy (non-hydrogen) atoms. The molecule has 0 saturated carbocycles. The van der Waals surface area contributed by atoms with E-state index < -0.39 is 17.6 Å². The van der Waals surface area contributed by atoms with E-state index in [1.165, 1.54) is 12.3 Å². The van der Waals surface area contributed by atoms with Crippen LogP contribution in [-0.2, 0) is 0 Å². The molecule has 0 bridgehead atoms. The Balaban J connectivity index is 2.30. The fourth-order valence-electron chi connectivity index (χ4n) is 1.13. The molecule has 1 aromatic carbocycles. The average molecular weight is 241 g/mol. The molecule has 0 aliphatic carbocycles. The minimum atomic E-state index is -0.651. The van der Waals surface area contributed by atoms with Crippen molar-refractivity contribution in [2.24, 2.45) is 0 Å². The van der Waals surface area contributed by atoms with Crippen molar-refractivity contribution in [1.82, 2.24) is 4.98 Å². The standard InChI is InChI=1S/C11H6F3NS/c12-7-1-2-9(13)10(5-7)16-8-3-4-15-11(14)6-8/h1-6H. The van der Waals surface area contributed by atoms with Crippen LogP contribution in [0.5, 0.6) is 0 Å². The van der Waals surface area contributed by atoms with Crippen LogP contribution in [0.3, 0.4) is 0 Å². The third-order valence-electron chi connectivity index (χ3n) is 1.82. The van der Waals surface area contributed by atoms with E-state index in [-0.39, 0.29) is 4.90 Å².